The number of rotatable bonds is 6. The maximum absolute atomic E-state index is 9.21. The Morgan fingerprint density at radius 3 is 2.67 bits per heavy atom. The van der Waals surface area contributed by atoms with Gasteiger partial charge in [-0.15, -0.1) is 0 Å². The zero-order valence-corrected chi connectivity index (χ0v) is 11.2. The first-order valence-electron chi connectivity index (χ1n) is 7.02. The molecule has 1 aliphatic heterocycles. The third-order valence-electron chi connectivity index (χ3n) is 3.73. The smallest absolute Gasteiger partial charge is 0.0584 e. The van der Waals surface area contributed by atoms with Crippen LogP contribution >= 0.6 is 0 Å². The fraction of sp³-hybridized carbons (Fsp3) is 0.600. The Balaban J connectivity index is 2.02. The minimum absolute atomic E-state index is 0.205. The van der Waals surface area contributed by atoms with Crippen molar-refractivity contribution in [3.05, 3.63) is 29.8 Å². The third-order valence-corrected chi connectivity index (χ3v) is 3.73. The molecule has 1 fully saturated rings. The van der Waals surface area contributed by atoms with Crippen molar-refractivity contribution in [3.8, 4) is 0 Å². The maximum Gasteiger partial charge on any atom is 0.0584 e. The Kier molecular flexibility index (Phi) is 5.02. The number of hydrogen-bond acceptors (Lipinski definition) is 3. The number of para-hydroxylation sites is 1. The minimum Gasteiger partial charge on any atom is -0.395 e. The van der Waals surface area contributed by atoms with E-state index >= 15 is 0 Å². The van der Waals surface area contributed by atoms with E-state index in [1.807, 2.05) is 0 Å². The molecule has 0 amide bonds. The lowest BCUT2D eigenvalue weighted by Gasteiger charge is -2.22. The predicted octanol–water partition coefficient (Wildman–Crippen LogP) is 2.15. The highest BCUT2D eigenvalue weighted by molar-refractivity contribution is 5.54. The molecular weight excluding hydrogens is 224 g/mol. The van der Waals surface area contributed by atoms with Gasteiger partial charge in [0, 0.05) is 31.4 Å². The summed E-state index contributed by atoms with van der Waals surface area (Å²) in [6, 6.07) is 8.81. The largest absolute Gasteiger partial charge is 0.395 e. The van der Waals surface area contributed by atoms with Gasteiger partial charge in [0.25, 0.3) is 0 Å². The van der Waals surface area contributed by atoms with Crippen molar-refractivity contribution in [2.45, 2.75) is 38.8 Å². The summed E-state index contributed by atoms with van der Waals surface area (Å²) in [6.45, 7) is 5.50. The second kappa shape index (κ2) is 6.76. The van der Waals surface area contributed by atoms with E-state index in [4.69, 9.17) is 0 Å². The molecule has 1 aromatic carbocycles. The van der Waals surface area contributed by atoms with Crippen molar-refractivity contribution in [1.82, 2.24) is 5.32 Å². The van der Waals surface area contributed by atoms with Crippen LogP contribution in [0, 0.1) is 0 Å². The fourth-order valence-corrected chi connectivity index (χ4v) is 2.52. The number of aliphatic hydroxyl groups excluding tert-OH is 1. The molecule has 0 aromatic heterocycles. The van der Waals surface area contributed by atoms with Crippen molar-refractivity contribution in [2.75, 3.05) is 24.6 Å². The summed E-state index contributed by atoms with van der Waals surface area (Å²) in [5.74, 6) is 0. The number of hydrogen-bond donors (Lipinski definition) is 2. The summed E-state index contributed by atoms with van der Waals surface area (Å²) in [5.41, 5.74) is 2.70. The van der Waals surface area contributed by atoms with Gasteiger partial charge in [0.05, 0.1) is 6.61 Å². The molecule has 0 unspecified atom stereocenters. The van der Waals surface area contributed by atoms with E-state index in [-0.39, 0.29) is 12.6 Å². The molecule has 2 rings (SSSR count). The topological polar surface area (TPSA) is 35.5 Å². The fourth-order valence-electron chi connectivity index (χ4n) is 2.52. The van der Waals surface area contributed by atoms with E-state index in [2.05, 4.69) is 41.4 Å². The molecule has 0 spiro atoms. The standard InChI is InChI=1S/C15H24N2O/c1-2-14(12-18)16-11-13-7-3-4-8-15(13)17-9-5-6-10-17/h3-4,7-8,14,16,18H,2,5-6,9-12H2,1H3/t14-/m0/s1. The molecule has 18 heavy (non-hydrogen) atoms. The van der Waals surface area contributed by atoms with Crippen molar-refractivity contribution < 1.29 is 5.11 Å². The molecule has 3 nitrogen and oxygen atoms in total. The van der Waals surface area contributed by atoms with Gasteiger partial charge in [0.2, 0.25) is 0 Å². The van der Waals surface area contributed by atoms with Gasteiger partial charge in [-0.2, -0.15) is 0 Å². The Morgan fingerprint density at radius 1 is 1.28 bits per heavy atom. The van der Waals surface area contributed by atoms with Gasteiger partial charge in [-0.25, -0.2) is 0 Å². The molecular formula is C15H24N2O. The molecule has 2 N–H and O–H groups in total. The predicted molar refractivity (Wildman–Crippen MR) is 75.9 cm³/mol. The highest BCUT2D eigenvalue weighted by Gasteiger charge is 2.15. The van der Waals surface area contributed by atoms with Crippen LogP contribution in [0.2, 0.25) is 0 Å². The number of nitrogens with one attached hydrogen (secondary N) is 1. The SMILES string of the molecule is CC[C@@H](CO)NCc1ccccc1N1CCCC1. The van der Waals surface area contributed by atoms with Gasteiger partial charge >= 0.3 is 0 Å². The van der Waals surface area contributed by atoms with E-state index in [1.54, 1.807) is 0 Å². The van der Waals surface area contributed by atoms with Crippen LogP contribution in [0.5, 0.6) is 0 Å². The van der Waals surface area contributed by atoms with Crippen LogP contribution in [-0.4, -0.2) is 30.8 Å². The van der Waals surface area contributed by atoms with Crippen molar-refractivity contribution in [3.63, 3.8) is 0 Å². The number of aliphatic hydroxyl groups is 1. The van der Waals surface area contributed by atoms with Crippen molar-refractivity contribution in [2.24, 2.45) is 0 Å². The van der Waals surface area contributed by atoms with E-state index in [9.17, 15) is 5.11 Å². The van der Waals surface area contributed by atoms with E-state index in [0.717, 1.165) is 13.0 Å². The zero-order valence-electron chi connectivity index (χ0n) is 11.2. The van der Waals surface area contributed by atoms with Crippen LogP contribution in [0.3, 0.4) is 0 Å². The maximum atomic E-state index is 9.21. The molecule has 100 valence electrons. The normalized spacial score (nSPS) is 17.1. The minimum atomic E-state index is 0.205. The Hall–Kier alpha value is -1.06. The summed E-state index contributed by atoms with van der Waals surface area (Å²) < 4.78 is 0. The lowest BCUT2D eigenvalue weighted by Crippen LogP contribution is -2.32. The van der Waals surface area contributed by atoms with E-state index in [1.165, 1.54) is 37.2 Å². The molecule has 3 heteroatoms. The molecule has 0 aliphatic carbocycles. The second-order valence-corrected chi connectivity index (χ2v) is 4.99. The first-order valence-corrected chi connectivity index (χ1v) is 7.02. The molecule has 0 saturated carbocycles. The average Bonchev–Trinajstić information content (AvgIpc) is 2.94. The van der Waals surface area contributed by atoms with Crippen LogP contribution in [0.25, 0.3) is 0 Å². The third kappa shape index (κ3) is 3.24. The summed E-state index contributed by atoms with van der Waals surface area (Å²) >= 11 is 0. The van der Waals surface area contributed by atoms with E-state index in [0.29, 0.717) is 0 Å². The molecule has 1 aromatic rings. The monoisotopic (exact) mass is 248 g/mol. The van der Waals surface area contributed by atoms with Gasteiger partial charge < -0.3 is 15.3 Å². The highest BCUT2D eigenvalue weighted by atomic mass is 16.3. The Morgan fingerprint density at radius 2 is 2.00 bits per heavy atom. The Labute approximate surface area is 110 Å². The number of benzene rings is 1. The molecule has 1 atom stereocenters. The van der Waals surface area contributed by atoms with Gasteiger partial charge in [0.15, 0.2) is 0 Å². The molecule has 1 heterocycles. The number of nitrogens with zero attached hydrogens (tertiary/aromatic N) is 1. The lowest BCUT2D eigenvalue weighted by atomic mass is 10.1. The first kappa shape index (κ1) is 13.4. The van der Waals surface area contributed by atoms with E-state index < -0.39 is 0 Å². The first-order chi connectivity index (χ1) is 8.85. The molecule has 0 radical (unpaired) electrons. The quantitative estimate of drug-likeness (QED) is 0.809. The molecule has 1 aliphatic rings. The Bertz CT molecular complexity index is 357. The average molecular weight is 248 g/mol. The van der Waals surface area contributed by atoms with Gasteiger partial charge in [0.1, 0.15) is 0 Å². The summed E-state index contributed by atoms with van der Waals surface area (Å²) in [4.78, 5) is 2.47. The second-order valence-electron chi connectivity index (χ2n) is 4.99. The van der Waals surface area contributed by atoms with Gasteiger partial charge in [-0.05, 0) is 30.9 Å². The van der Waals surface area contributed by atoms with Crippen LogP contribution < -0.4 is 10.2 Å². The summed E-state index contributed by atoms with van der Waals surface area (Å²) in [5, 5.41) is 12.6. The van der Waals surface area contributed by atoms with Crippen LogP contribution in [0.15, 0.2) is 24.3 Å². The van der Waals surface area contributed by atoms with Crippen molar-refractivity contribution >= 4 is 5.69 Å². The van der Waals surface area contributed by atoms with Crippen LogP contribution in [0.1, 0.15) is 31.7 Å². The molecule has 1 saturated heterocycles. The van der Waals surface area contributed by atoms with Crippen LogP contribution in [-0.2, 0) is 6.54 Å². The zero-order chi connectivity index (χ0) is 12.8. The summed E-state index contributed by atoms with van der Waals surface area (Å²) in [6.07, 6.45) is 3.56. The molecule has 0 bridgehead atoms. The van der Waals surface area contributed by atoms with Crippen molar-refractivity contribution in [1.29, 1.82) is 0 Å². The highest BCUT2D eigenvalue weighted by Crippen LogP contribution is 2.24. The number of anilines is 1. The lowest BCUT2D eigenvalue weighted by molar-refractivity contribution is 0.238. The van der Waals surface area contributed by atoms with Crippen LogP contribution in [0.4, 0.5) is 5.69 Å². The van der Waals surface area contributed by atoms with Gasteiger partial charge in [-0.3, -0.25) is 0 Å². The summed E-state index contributed by atoms with van der Waals surface area (Å²) in [7, 11) is 0. The van der Waals surface area contributed by atoms with Gasteiger partial charge in [-0.1, -0.05) is 25.1 Å².